The van der Waals surface area contributed by atoms with Crippen LogP contribution in [0.15, 0.2) is 79.0 Å². The van der Waals surface area contributed by atoms with Gasteiger partial charge in [0.25, 0.3) is 0 Å². The van der Waals surface area contributed by atoms with Gasteiger partial charge >= 0.3 is 5.97 Å². The molecule has 0 unspecified atom stereocenters. The Morgan fingerprint density at radius 1 is 0.900 bits per heavy atom. The predicted molar refractivity (Wildman–Crippen MR) is 110 cm³/mol. The highest BCUT2D eigenvalue weighted by atomic mass is 16.7. The number of ether oxygens (including phenoxy) is 3. The molecule has 0 fully saturated rings. The van der Waals surface area contributed by atoms with E-state index in [0.717, 1.165) is 10.9 Å². The second-order valence-electron chi connectivity index (χ2n) is 6.88. The summed E-state index contributed by atoms with van der Waals surface area (Å²) in [5.74, 6) is 0.132. The summed E-state index contributed by atoms with van der Waals surface area (Å²) in [5.41, 5.74) is 2.20. The summed E-state index contributed by atoms with van der Waals surface area (Å²) >= 11 is 0. The lowest BCUT2D eigenvalue weighted by atomic mass is 9.99. The van der Waals surface area contributed by atoms with Gasteiger partial charge in [0, 0.05) is 28.2 Å². The zero-order chi connectivity index (χ0) is 20.5. The molecule has 148 valence electrons. The second-order valence-corrected chi connectivity index (χ2v) is 6.88. The molecule has 5 rings (SSSR count). The summed E-state index contributed by atoms with van der Waals surface area (Å²) in [7, 11) is 0. The number of ketones is 1. The van der Waals surface area contributed by atoms with Crippen LogP contribution in [0.25, 0.3) is 10.9 Å². The number of hydrogen-bond acceptors (Lipinski definition) is 5. The number of carbonyl (C=O) groups is 2. The number of aromatic nitrogens is 1. The second kappa shape index (κ2) is 7.40. The van der Waals surface area contributed by atoms with Crippen LogP contribution in [0, 0.1) is 0 Å². The van der Waals surface area contributed by atoms with Crippen molar-refractivity contribution >= 4 is 22.7 Å². The summed E-state index contributed by atoms with van der Waals surface area (Å²) in [6, 6.07) is 21.3. The molecule has 4 aromatic rings. The number of rotatable bonds is 5. The lowest BCUT2D eigenvalue weighted by Gasteiger charge is -2.17. The number of para-hydroxylation sites is 1. The largest absolute Gasteiger partial charge is 0.454 e. The summed E-state index contributed by atoms with van der Waals surface area (Å²) in [6.07, 6.45) is 0.570. The van der Waals surface area contributed by atoms with Crippen molar-refractivity contribution in [3.63, 3.8) is 0 Å². The molecule has 6 heteroatoms. The Morgan fingerprint density at radius 3 is 2.53 bits per heavy atom. The molecule has 3 aromatic carbocycles. The van der Waals surface area contributed by atoms with Crippen LogP contribution < -0.4 is 9.47 Å². The summed E-state index contributed by atoms with van der Waals surface area (Å²) in [4.78, 5) is 29.4. The fourth-order valence-corrected chi connectivity index (χ4v) is 3.52. The van der Waals surface area contributed by atoms with Crippen molar-refractivity contribution in [2.24, 2.45) is 0 Å². The third-order valence-corrected chi connectivity index (χ3v) is 5.03. The molecule has 30 heavy (non-hydrogen) atoms. The standard InChI is InChI=1S/C24H17NO5/c26-22(18-13-25-19-9-5-4-8-17(18)19)23(15-6-2-1-3-7-15)30-24(27)16-10-11-20-21(12-16)29-14-28-20/h1-13,23,25H,14H2/t23-/m0/s1. The van der Waals surface area contributed by atoms with E-state index in [9.17, 15) is 9.59 Å². The lowest BCUT2D eigenvalue weighted by Crippen LogP contribution is -2.20. The molecule has 0 bridgehead atoms. The Morgan fingerprint density at radius 2 is 1.67 bits per heavy atom. The molecule has 0 aliphatic carbocycles. The number of Topliss-reactive ketones (excluding diaryl/α,β-unsaturated/α-hetero) is 1. The van der Waals surface area contributed by atoms with Gasteiger partial charge in [-0.15, -0.1) is 0 Å². The monoisotopic (exact) mass is 399 g/mol. The Hall–Kier alpha value is -4.06. The van der Waals surface area contributed by atoms with E-state index in [1.54, 1.807) is 48.7 Å². The number of H-pyrrole nitrogens is 1. The van der Waals surface area contributed by atoms with Gasteiger partial charge in [-0.1, -0.05) is 48.5 Å². The van der Waals surface area contributed by atoms with E-state index in [1.807, 2.05) is 30.3 Å². The van der Waals surface area contributed by atoms with Gasteiger partial charge in [0.1, 0.15) is 0 Å². The highest BCUT2D eigenvalue weighted by Gasteiger charge is 2.29. The van der Waals surface area contributed by atoms with Gasteiger partial charge in [-0.05, 0) is 24.3 Å². The molecule has 0 saturated carbocycles. The fraction of sp³-hybridized carbons (Fsp3) is 0.0833. The summed E-state index contributed by atoms with van der Waals surface area (Å²) in [5, 5.41) is 0.780. The molecule has 1 N–H and O–H groups in total. The van der Waals surface area contributed by atoms with Crippen LogP contribution in [-0.2, 0) is 4.74 Å². The highest BCUT2D eigenvalue weighted by molar-refractivity contribution is 6.11. The third kappa shape index (κ3) is 3.18. The van der Waals surface area contributed by atoms with Crippen molar-refractivity contribution in [3.8, 4) is 11.5 Å². The van der Waals surface area contributed by atoms with Crippen LogP contribution >= 0.6 is 0 Å². The average Bonchev–Trinajstić information content (AvgIpc) is 3.44. The molecule has 1 atom stereocenters. The van der Waals surface area contributed by atoms with Gasteiger partial charge in [0.2, 0.25) is 12.6 Å². The zero-order valence-electron chi connectivity index (χ0n) is 15.8. The lowest BCUT2D eigenvalue weighted by molar-refractivity contribution is 0.0280. The molecular formula is C24H17NO5. The number of esters is 1. The molecule has 0 spiro atoms. The van der Waals surface area contributed by atoms with Gasteiger partial charge in [0.05, 0.1) is 5.56 Å². The van der Waals surface area contributed by atoms with Gasteiger partial charge in [0.15, 0.2) is 17.6 Å². The first-order chi connectivity index (χ1) is 14.7. The Balaban J connectivity index is 1.49. The number of carbonyl (C=O) groups excluding carboxylic acids is 2. The van der Waals surface area contributed by atoms with E-state index >= 15 is 0 Å². The average molecular weight is 399 g/mol. The molecule has 0 amide bonds. The number of benzene rings is 3. The Labute approximate surface area is 172 Å². The molecule has 2 heterocycles. The topological polar surface area (TPSA) is 77.6 Å². The Bertz CT molecular complexity index is 1240. The van der Waals surface area contributed by atoms with E-state index in [0.29, 0.717) is 22.6 Å². The maximum atomic E-state index is 13.4. The van der Waals surface area contributed by atoms with Crippen LogP contribution in [0.2, 0.25) is 0 Å². The van der Waals surface area contributed by atoms with Crippen LogP contribution in [0.4, 0.5) is 0 Å². The van der Waals surface area contributed by atoms with Gasteiger partial charge < -0.3 is 19.2 Å². The number of nitrogens with one attached hydrogen (secondary N) is 1. The third-order valence-electron chi connectivity index (χ3n) is 5.03. The minimum Gasteiger partial charge on any atom is -0.454 e. The smallest absolute Gasteiger partial charge is 0.339 e. The normalized spacial score (nSPS) is 13.2. The van der Waals surface area contributed by atoms with E-state index in [2.05, 4.69) is 4.98 Å². The van der Waals surface area contributed by atoms with E-state index < -0.39 is 12.1 Å². The van der Waals surface area contributed by atoms with Crippen molar-refractivity contribution in [2.45, 2.75) is 6.10 Å². The van der Waals surface area contributed by atoms with Crippen molar-refractivity contribution in [1.29, 1.82) is 0 Å². The molecule has 1 aliphatic rings. The first kappa shape index (κ1) is 18.0. The summed E-state index contributed by atoms with van der Waals surface area (Å²) < 4.78 is 16.3. The quantitative estimate of drug-likeness (QED) is 0.390. The minimum atomic E-state index is -1.08. The van der Waals surface area contributed by atoms with E-state index in [4.69, 9.17) is 14.2 Å². The van der Waals surface area contributed by atoms with Crippen molar-refractivity contribution in [2.75, 3.05) is 6.79 Å². The van der Waals surface area contributed by atoms with Gasteiger partial charge in [-0.2, -0.15) is 0 Å². The maximum absolute atomic E-state index is 13.4. The van der Waals surface area contributed by atoms with Crippen LogP contribution in [0.1, 0.15) is 32.4 Å². The maximum Gasteiger partial charge on any atom is 0.339 e. The van der Waals surface area contributed by atoms with E-state index in [1.165, 1.54) is 0 Å². The molecular weight excluding hydrogens is 382 g/mol. The number of hydrogen-bond donors (Lipinski definition) is 1. The first-order valence-electron chi connectivity index (χ1n) is 9.46. The van der Waals surface area contributed by atoms with Gasteiger partial charge in [-0.25, -0.2) is 4.79 Å². The van der Waals surface area contributed by atoms with Crippen molar-refractivity contribution in [3.05, 3.63) is 95.7 Å². The highest BCUT2D eigenvalue weighted by Crippen LogP contribution is 2.34. The van der Waals surface area contributed by atoms with Crippen LogP contribution in [0.5, 0.6) is 11.5 Å². The minimum absolute atomic E-state index is 0.111. The van der Waals surface area contributed by atoms with Crippen molar-refractivity contribution < 1.29 is 23.8 Å². The molecule has 6 nitrogen and oxygen atoms in total. The van der Waals surface area contributed by atoms with E-state index in [-0.39, 0.29) is 18.1 Å². The SMILES string of the molecule is O=C(O[C@H](C(=O)c1c[nH]c2ccccc12)c1ccccc1)c1ccc2c(c1)OCO2. The van der Waals surface area contributed by atoms with Crippen LogP contribution in [0.3, 0.4) is 0 Å². The first-order valence-corrected chi connectivity index (χ1v) is 9.46. The predicted octanol–water partition coefficient (Wildman–Crippen LogP) is 4.68. The molecule has 1 aromatic heterocycles. The fourth-order valence-electron chi connectivity index (χ4n) is 3.52. The zero-order valence-corrected chi connectivity index (χ0v) is 15.8. The van der Waals surface area contributed by atoms with Gasteiger partial charge in [-0.3, -0.25) is 4.79 Å². The molecule has 0 radical (unpaired) electrons. The summed E-state index contributed by atoms with van der Waals surface area (Å²) in [6.45, 7) is 0.111. The molecule has 1 aliphatic heterocycles. The molecule has 0 saturated heterocycles. The Kier molecular flexibility index (Phi) is 4.44. The van der Waals surface area contributed by atoms with Crippen LogP contribution in [-0.4, -0.2) is 23.5 Å². The van der Waals surface area contributed by atoms with Crippen molar-refractivity contribution in [1.82, 2.24) is 4.98 Å². The number of fused-ring (bicyclic) bond motifs is 2. The number of aromatic amines is 1.